The lowest BCUT2D eigenvalue weighted by Gasteiger charge is -2.23. The predicted octanol–water partition coefficient (Wildman–Crippen LogP) is 0.122. The molecule has 0 saturated carbocycles. The summed E-state index contributed by atoms with van der Waals surface area (Å²) in [6, 6.07) is 1.22. The Hall–Kier alpha value is -1.89. The van der Waals surface area contributed by atoms with Crippen LogP contribution in [0.3, 0.4) is 0 Å². The molecule has 0 amide bonds. The Morgan fingerprint density at radius 2 is 2.53 bits per heavy atom. The van der Waals surface area contributed by atoms with Crippen molar-refractivity contribution in [3.8, 4) is 11.6 Å². The highest BCUT2D eigenvalue weighted by molar-refractivity contribution is 5.52. The second-order valence-corrected chi connectivity index (χ2v) is 2.95. The second kappa shape index (κ2) is 3.70. The molecule has 1 aromatic rings. The van der Waals surface area contributed by atoms with Crippen LogP contribution in [-0.4, -0.2) is 34.3 Å². The fourth-order valence-electron chi connectivity index (χ4n) is 1.24. The minimum absolute atomic E-state index is 0.0206. The molecule has 1 atom stereocenters. The minimum atomic E-state index is -0.583. The van der Waals surface area contributed by atoms with Crippen LogP contribution in [0.15, 0.2) is 12.3 Å². The number of fused-ring (bicyclic) bond motifs is 1. The number of aliphatic hydroxyl groups excluding tert-OH is 1. The first-order valence-electron chi connectivity index (χ1n) is 4.26. The van der Waals surface area contributed by atoms with Crippen molar-refractivity contribution in [3.05, 3.63) is 22.4 Å². The molecule has 1 aliphatic heterocycles. The van der Waals surface area contributed by atoms with Gasteiger partial charge in [0.25, 0.3) is 11.6 Å². The summed E-state index contributed by atoms with van der Waals surface area (Å²) < 4.78 is 10.3. The highest BCUT2D eigenvalue weighted by Crippen LogP contribution is 2.37. The molecule has 2 heterocycles. The zero-order valence-electron chi connectivity index (χ0n) is 7.62. The summed E-state index contributed by atoms with van der Waals surface area (Å²) >= 11 is 0. The summed E-state index contributed by atoms with van der Waals surface area (Å²) in [4.78, 5) is 13.9. The van der Waals surface area contributed by atoms with E-state index in [1.54, 1.807) is 0 Å². The molecule has 80 valence electrons. The van der Waals surface area contributed by atoms with Crippen LogP contribution in [0.2, 0.25) is 0 Å². The van der Waals surface area contributed by atoms with E-state index in [-0.39, 0.29) is 30.5 Å². The summed E-state index contributed by atoms with van der Waals surface area (Å²) in [6.45, 7) is -0.122. The van der Waals surface area contributed by atoms with Crippen LogP contribution in [0.25, 0.3) is 0 Å². The molecule has 1 aliphatic rings. The van der Waals surface area contributed by atoms with Crippen molar-refractivity contribution in [3.63, 3.8) is 0 Å². The van der Waals surface area contributed by atoms with Gasteiger partial charge in [0.2, 0.25) is 0 Å². The molecule has 15 heavy (non-hydrogen) atoms. The minimum Gasteiger partial charge on any atom is -0.474 e. The zero-order valence-corrected chi connectivity index (χ0v) is 7.62. The molecule has 1 aromatic heterocycles. The van der Waals surface area contributed by atoms with Gasteiger partial charge in [0.15, 0.2) is 6.10 Å². The van der Waals surface area contributed by atoms with Crippen molar-refractivity contribution in [1.29, 1.82) is 0 Å². The molecule has 0 saturated heterocycles. The lowest BCUT2D eigenvalue weighted by molar-refractivity contribution is -0.386. The van der Waals surface area contributed by atoms with E-state index >= 15 is 0 Å². The van der Waals surface area contributed by atoms with Gasteiger partial charge in [-0.05, 0) is 0 Å². The molecule has 0 spiro atoms. The lowest BCUT2D eigenvalue weighted by atomic mass is 10.3. The summed E-state index contributed by atoms with van der Waals surface area (Å²) in [5, 5.41) is 19.5. The van der Waals surface area contributed by atoms with Gasteiger partial charge in [-0.3, -0.25) is 10.1 Å². The summed E-state index contributed by atoms with van der Waals surface area (Å²) in [6.07, 6.45) is 0.694. The number of aromatic nitrogens is 1. The van der Waals surface area contributed by atoms with Gasteiger partial charge in [0, 0.05) is 12.3 Å². The van der Waals surface area contributed by atoms with Crippen LogP contribution in [0.1, 0.15) is 0 Å². The van der Waals surface area contributed by atoms with Crippen LogP contribution in [0, 0.1) is 10.1 Å². The van der Waals surface area contributed by atoms with Gasteiger partial charge < -0.3 is 14.6 Å². The molecular formula is C8H8N2O5. The molecular weight excluding hydrogens is 204 g/mol. The fraction of sp³-hybridized carbons (Fsp3) is 0.375. The first-order chi connectivity index (χ1) is 7.22. The van der Waals surface area contributed by atoms with E-state index in [1.807, 2.05) is 0 Å². The lowest BCUT2D eigenvalue weighted by Crippen LogP contribution is -2.32. The number of hydrogen-bond acceptors (Lipinski definition) is 6. The monoisotopic (exact) mass is 212 g/mol. The number of nitrogens with zero attached hydrogens (tertiary/aromatic N) is 2. The molecule has 1 N–H and O–H groups in total. The summed E-state index contributed by atoms with van der Waals surface area (Å²) in [5.41, 5.74) is -0.210. The molecule has 0 radical (unpaired) electrons. The van der Waals surface area contributed by atoms with Crippen molar-refractivity contribution in [2.24, 2.45) is 0 Å². The Morgan fingerprint density at radius 1 is 1.73 bits per heavy atom. The highest BCUT2D eigenvalue weighted by atomic mass is 16.6. The van der Waals surface area contributed by atoms with Gasteiger partial charge in [0.05, 0.1) is 11.5 Å². The standard InChI is InChI=1S/C8H8N2O5/c11-3-5-4-14-8-7(15-5)6(10(12)13)1-2-9-8/h1-2,5,11H,3-4H2. The van der Waals surface area contributed by atoms with Gasteiger partial charge in [-0.25, -0.2) is 4.98 Å². The van der Waals surface area contributed by atoms with Crippen LogP contribution in [0.5, 0.6) is 11.6 Å². The van der Waals surface area contributed by atoms with Crippen molar-refractivity contribution in [1.82, 2.24) is 4.98 Å². The third kappa shape index (κ3) is 1.68. The summed E-state index contributed by atoms with van der Waals surface area (Å²) in [5.74, 6) is 0.0710. The number of ether oxygens (including phenoxy) is 2. The third-order valence-corrected chi connectivity index (χ3v) is 1.94. The van der Waals surface area contributed by atoms with E-state index in [9.17, 15) is 10.1 Å². The van der Waals surface area contributed by atoms with E-state index in [4.69, 9.17) is 14.6 Å². The van der Waals surface area contributed by atoms with Crippen molar-refractivity contribution >= 4 is 5.69 Å². The Morgan fingerprint density at radius 3 is 3.20 bits per heavy atom. The molecule has 7 nitrogen and oxygen atoms in total. The van der Waals surface area contributed by atoms with Crippen LogP contribution in [-0.2, 0) is 0 Å². The predicted molar refractivity (Wildman–Crippen MR) is 47.9 cm³/mol. The largest absolute Gasteiger partial charge is 0.474 e. The fourth-order valence-corrected chi connectivity index (χ4v) is 1.24. The van der Waals surface area contributed by atoms with Crippen molar-refractivity contribution in [2.75, 3.05) is 13.2 Å². The Balaban J connectivity index is 2.40. The average Bonchev–Trinajstić information content (AvgIpc) is 2.27. The van der Waals surface area contributed by atoms with E-state index in [0.29, 0.717) is 0 Å². The van der Waals surface area contributed by atoms with Crippen molar-refractivity contribution < 1.29 is 19.5 Å². The topological polar surface area (TPSA) is 94.7 Å². The average molecular weight is 212 g/mol. The highest BCUT2D eigenvalue weighted by Gasteiger charge is 2.29. The number of pyridine rings is 1. The smallest absolute Gasteiger partial charge is 0.318 e. The second-order valence-electron chi connectivity index (χ2n) is 2.95. The summed E-state index contributed by atoms with van der Waals surface area (Å²) in [7, 11) is 0. The molecule has 0 fully saturated rings. The number of rotatable bonds is 2. The number of aliphatic hydroxyl groups is 1. The maximum atomic E-state index is 10.6. The zero-order chi connectivity index (χ0) is 10.8. The Bertz CT molecular complexity index is 395. The first kappa shape index (κ1) is 9.66. The molecule has 0 aromatic carbocycles. The van der Waals surface area contributed by atoms with Crippen molar-refractivity contribution in [2.45, 2.75) is 6.10 Å². The van der Waals surface area contributed by atoms with E-state index in [0.717, 1.165) is 0 Å². The molecule has 1 unspecified atom stereocenters. The Labute approximate surface area is 84.4 Å². The number of nitro groups is 1. The first-order valence-corrected chi connectivity index (χ1v) is 4.26. The van der Waals surface area contributed by atoms with Gasteiger partial charge in [-0.15, -0.1) is 0 Å². The quantitative estimate of drug-likeness (QED) is 0.552. The molecule has 2 rings (SSSR count). The molecule has 0 aliphatic carbocycles. The van der Waals surface area contributed by atoms with Gasteiger partial charge in [-0.2, -0.15) is 0 Å². The Kier molecular flexibility index (Phi) is 2.38. The van der Waals surface area contributed by atoms with Gasteiger partial charge >= 0.3 is 5.69 Å². The maximum absolute atomic E-state index is 10.6. The van der Waals surface area contributed by atoms with Crippen LogP contribution < -0.4 is 9.47 Å². The van der Waals surface area contributed by atoms with Crippen LogP contribution >= 0.6 is 0 Å². The SMILES string of the molecule is O=[N+]([O-])c1ccnc2c1OC(CO)CO2. The van der Waals surface area contributed by atoms with Gasteiger partial charge in [0.1, 0.15) is 6.61 Å². The molecule has 0 bridgehead atoms. The van der Waals surface area contributed by atoms with E-state index in [1.165, 1.54) is 12.3 Å². The maximum Gasteiger partial charge on any atom is 0.318 e. The van der Waals surface area contributed by atoms with Crippen LogP contribution in [0.4, 0.5) is 5.69 Å². The van der Waals surface area contributed by atoms with E-state index in [2.05, 4.69) is 4.98 Å². The van der Waals surface area contributed by atoms with E-state index < -0.39 is 11.0 Å². The third-order valence-electron chi connectivity index (χ3n) is 1.94. The van der Waals surface area contributed by atoms with Gasteiger partial charge in [-0.1, -0.05) is 0 Å². The molecule has 7 heteroatoms. The number of hydrogen-bond donors (Lipinski definition) is 1. The normalized spacial score (nSPS) is 18.6.